The molecule has 0 radical (unpaired) electrons. The molecule has 1 aliphatic rings. The molecule has 0 unspecified atom stereocenters. The molecule has 0 saturated heterocycles. The molecule has 1 aliphatic carbocycles. The largest absolute Gasteiger partial charge is 0.338 e. The van der Waals surface area contributed by atoms with E-state index >= 15 is 0 Å². The summed E-state index contributed by atoms with van der Waals surface area (Å²) in [5, 5.41) is 3.98. The minimum Gasteiger partial charge on any atom is -0.338 e. The third-order valence-corrected chi connectivity index (χ3v) is 3.86. The fourth-order valence-corrected chi connectivity index (χ4v) is 2.69. The first-order valence-electron chi connectivity index (χ1n) is 6.74. The fraction of sp³-hybridized carbons (Fsp3) is 0.429. The van der Waals surface area contributed by atoms with Crippen LogP contribution in [0.2, 0.25) is 0 Å². The molecule has 5 nitrogen and oxygen atoms in total. The first-order chi connectivity index (χ1) is 9.74. The van der Waals surface area contributed by atoms with E-state index in [2.05, 4.69) is 49.2 Å². The topological polar surface area (TPSA) is 68.2 Å². The maximum Gasteiger partial charge on any atom is 0.240 e. The van der Waals surface area contributed by atoms with Crippen molar-refractivity contribution >= 4 is 15.9 Å². The van der Waals surface area contributed by atoms with Crippen LogP contribution < -0.4 is 5.73 Å². The van der Waals surface area contributed by atoms with Gasteiger partial charge < -0.3 is 10.3 Å². The van der Waals surface area contributed by atoms with E-state index in [1.54, 1.807) is 0 Å². The van der Waals surface area contributed by atoms with Gasteiger partial charge in [-0.1, -0.05) is 33.2 Å². The standard InChI is InChI=1S/C14H17BrN4O/c15-11-3-1-2-10(6-11)8-19(12-4-5-12)9-13-17-14(7-16)20-18-13/h1-3,6,12H,4-5,7-9,16H2. The lowest BCUT2D eigenvalue weighted by Crippen LogP contribution is -2.25. The van der Waals surface area contributed by atoms with Crippen LogP contribution in [0.15, 0.2) is 33.3 Å². The minimum absolute atomic E-state index is 0.294. The first kappa shape index (κ1) is 13.7. The number of halogens is 1. The van der Waals surface area contributed by atoms with Gasteiger partial charge in [-0.3, -0.25) is 4.90 Å². The van der Waals surface area contributed by atoms with E-state index in [9.17, 15) is 0 Å². The molecule has 3 rings (SSSR count). The lowest BCUT2D eigenvalue weighted by molar-refractivity contribution is 0.235. The Morgan fingerprint density at radius 3 is 2.85 bits per heavy atom. The van der Waals surface area contributed by atoms with Crippen LogP contribution >= 0.6 is 15.9 Å². The Hall–Kier alpha value is -1.24. The summed E-state index contributed by atoms with van der Waals surface area (Å²) in [5.41, 5.74) is 6.78. The van der Waals surface area contributed by atoms with Gasteiger partial charge in [-0.05, 0) is 30.5 Å². The van der Waals surface area contributed by atoms with E-state index in [0.717, 1.165) is 11.0 Å². The molecule has 1 saturated carbocycles. The van der Waals surface area contributed by atoms with Gasteiger partial charge in [-0.2, -0.15) is 4.98 Å². The second kappa shape index (κ2) is 6.03. The molecule has 0 amide bonds. The normalized spacial score (nSPS) is 14.9. The Bertz CT molecular complexity index is 582. The third kappa shape index (κ3) is 3.45. The van der Waals surface area contributed by atoms with Gasteiger partial charge in [0.2, 0.25) is 5.89 Å². The second-order valence-corrected chi connectivity index (χ2v) is 5.99. The van der Waals surface area contributed by atoms with Crippen molar-refractivity contribution in [1.29, 1.82) is 0 Å². The van der Waals surface area contributed by atoms with Gasteiger partial charge in [0.05, 0.1) is 13.1 Å². The van der Waals surface area contributed by atoms with Crippen molar-refractivity contribution in [1.82, 2.24) is 15.0 Å². The molecule has 0 atom stereocenters. The number of nitrogens with two attached hydrogens (primary N) is 1. The fourth-order valence-electron chi connectivity index (χ4n) is 2.24. The maximum absolute atomic E-state index is 5.49. The number of hydrogen-bond acceptors (Lipinski definition) is 5. The van der Waals surface area contributed by atoms with E-state index in [-0.39, 0.29) is 0 Å². The van der Waals surface area contributed by atoms with Crippen molar-refractivity contribution in [2.45, 2.75) is 38.5 Å². The highest BCUT2D eigenvalue weighted by molar-refractivity contribution is 9.10. The van der Waals surface area contributed by atoms with Crippen LogP contribution in [0, 0.1) is 0 Å². The maximum atomic E-state index is 5.49. The van der Waals surface area contributed by atoms with E-state index < -0.39 is 0 Å². The molecule has 1 aromatic carbocycles. The summed E-state index contributed by atoms with van der Waals surface area (Å²) in [6.07, 6.45) is 2.49. The van der Waals surface area contributed by atoms with Gasteiger partial charge in [0.25, 0.3) is 0 Å². The molecular formula is C14H17BrN4O. The van der Waals surface area contributed by atoms with E-state index in [0.29, 0.717) is 30.8 Å². The molecule has 1 fully saturated rings. The number of nitrogens with zero attached hydrogens (tertiary/aromatic N) is 3. The zero-order valence-corrected chi connectivity index (χ0v) is 12.7. The van der Waals surface area contributed by atoms with Crippen LogP contribution in [-0.2, 0) is 19.6 Å². The van der Waals surface area contributed by atoms with Gasteiger partial charge in [0.15, 0.2) is 5.82 Å². The van der Waals surface area contributed by atoms with Gasteiger partial charge in [-0.15, -0.1) is 0 Å². The van der Waals surface area contributed by atoms with Crippen molar-refractivity contribution in [3.8, 4) is 0 Å². The SMILES string of the molecule is NCc1nc(CN(Cc2cccc(Br)c2)C2CC2)no1. The summed E-state index contributed by atoms with van der Waals surface area (Å²) in [7, 11) is 0. The molecule has 0 bridgehead atoms. The molecule has 2 N–H and O–H groups in total. The van der Waals surface area contributed by atoms with Crippen LogP contribution in [0.5, 0.6) is 0 Å². The van der Waals surface area contributed by atoms with Gasteiger partial charge >= 0.3 is 0 Å². The summed E-state index contributed by atoms with van der Waals surface area (Å²) in [4.78, 5) is 6.68. The van der Waals surface area contributed by atoms with E-state index in [1.165, 1.54) is 18.4 Å². The van der Waals surface area contributed by atoms with Crippen LogP contribution in [0.4, 0.5) is 0 Å². The highest BCUT2D eigenvalue weighted by Gasteiger charge is 2.30. The van der Waals surface area contributed by atoms with Gasteiger partial charge in [0.1, 0.15) is 0 Å². The van der Waals surface area contributed by atoms with Crippen LogP contribution in [0.1, 0.15) is 30.1 Å². The Morgan fingerprint density at radius 2 is 2.20 bits per heavy atom. The van der Waals surface area contributed by atoms with Crippen LogP contribution in [0.25, 0.3) is 0 Å². The van der Waals surface area contributed by atoms with E-state index in [4.69, 9.17) is 10.3 Å². The lowest BCUT2D eigenvalue weighted by Gasteiger charge is -2.20. The Labute approximate surface area is 126 Å². The third-order valence-electron chi connectivity index (χ3n) is 3.37. The number of rotatable bonds is 6. The quantitative estimate of drug-likeness (QED) is 0.877. The number of hydrogen-bond donors (Lipinski definition) is 1. The first-order valence-corrected chi connectivity index (χ1v) is 7.54. The predicted molar refractivity (Wildman–Crippen MR) is 78.6 cm³/mol. The molecule has 1 aromatic heterocycles. The highest BCUT2D eigenvalue weighted by atomic mass is 79.9. The van der Waals surface area contributed by atoms with Crippen LogP contribution in [0.3, 0.4) is 0 Å². The van der Waals surface area contributed by atoms with Crippen LogP contribution in [-0.4, -0.2) is 21.1 Å². The highest BCUT2D eigenvalue weighted by Crippen LogP contribution is 2.29. The van der Waals surface area contributed by atoms with Crippen molar-refractivity contribution in [2.75, 3.05) is 0 Å². The minimum atomic E-state index is 0.294. The average molecular weight is 337 g/mol. The molecular weight excluding hydrogens is 320 g/mol. The molecule has 20 heavy (non-hydrogen) atoms. The van der Waals surface area contributed by atoms with Crippen molar-refractivity contribution in [3.63, 3.8) is 0 Å². The number of aromatic nitrogens is 2. The van der Waals surface area contributed by atoms with E-state index in [1.807, 2.05) is 6.07 Å². The summed E-state index contributed by atoms with van der Waals surface area (Å²) >= 11 is 3.51. The Kier molecular flexibility index (Phi) is 4.14. The Morgan fingerprint density at radius 1 is 1.35 bits per heavy atom. The van der Waals surface area contributed by atoms with Gasteiger partial charge in [-0.25, -0.2) is 0 Å². The zero-order valence-electron chi connectivity index (χ0n) is 11.1. The number of benzene rings is 1. The zero-order chi connectivity index (χ0) is 13.9. The monoisotopic (exact) mass is 336 g/mol. The van der Waals surface area contributed by atoms with Crippen molar-refractivity contribution < 1.29 is 4.52 Å². The molecule has 0 spiro atoms. The van der Waals surface area contributed by atoms with Crippen molar-refractivity contribution in [3.05, 3.63) is 46.0 Å². The average Bonchev–Trinajstić information content (AvgIpc) is 3.19. The van der Waals surface area contributed by atoms with Gasteiger partial charge in [0, 0.05) is 17.1 Å². The molecule has 106 valence electrons. The summed E-state index contributed by atoms with van der Waals surface area (Å²) in [6, 6.07) is 9.02. The molecule has 1 heterocycles. The summed E-state index contributed by atoms with van der Waals surface area (Å²) in [6.45, 7) is 1.90. The van der Waals surface area contributed by atoms with Crippen molar-refractivity contribution in [2.24, 2.45) is 5.73 Å². The summed E-state index contributed by atoms with van der Waals surface area (Å²) in [5.74, 6) is 1.21. The smallest absolute Gasteiger partial charge is 0.240 e. The lowest BCUT2D eigenvalue weighted by atomic mass is 10.2. The Balaban J connectivity index is 1.69. The predicted octanol–water partition coefficient (Wildman–Crippen LogP) is 2.46. The second-order valence-electron chi connectivity index (χ2n) is 5.07. The molecule has 0 aliphatic heterocycles. The summed E-state index contributed by atoms with van der Waals surface area (Å²) < 4.78 is 6.17. The molecule has 6 heteroatoms. The molecule has 2 aromatic rings.